The second-order valence-electron chi connectivity index (χ2n) is 7.08. The highest BCUT2D eigenvalue weighted by atomic mass is 79.9. The lowest BCUT2D eigenvalue weighted by atomic mass is 9.82. The van der Waals surface area contributed by atoms with Crippen molar-refractivity contribution in [3.8, 4) is 5.75 Å². The number of piperidine rings is 1. The van der Waals surface area contributed by atoms with Crippen molar-refractivity contribution in [2.75, 3.05) is 13.1 Å². The van der Waals surface area contributed by atoms with E-state index in [-0.39, 0.29) is 11.6 Å². The molecule has 0 aliphatic carbocycles. The highest BCUT2D eigenvalue weighted by molar-refractivity contribution is 9.10. The van der Waals surface area contributed by atoms with Gasteiger partial charge in [0.15, 0.2) is 0 Å². The maximum Gasteiger partial charge on any atom is 0.126 e. The molecule has 2 aromatic carbocycles. The summed E-state index contributed by atoms with van der Waals surface area (Å²) >= 11 is 3.55. The number of hydrogen-bond acceptors (Lipinski definition) is 3. The lowest BCUT2D eigenvalue weighted by Gasteiger charge is -2.47. The van der Waals surface area contributed by atoms with E-state index in [0.717, 1.165) is 54.7 Å². The molecule has 4 rings (SSSR count). The van der Waals surface area contributed by atoms with Gasteiger partial charge in [0, 0.05) is 35.6 Å². The Bertz CT molecular complexity index is 721. The Labute approximate surface area is 151 Å². The number of halogens is 1. The predicted molar refractivity (Wildman–Crippen MR) is 100.0 cm³/mol. The quantitative estimate of drug-likeness (QED) is 0.837. The van der Waals surface area contributed by atoms with E-state index < -0.39 is 0 Å². The second-order valence-corrected chi connectivity index (χ2v) is 7.99. The first-order valence-electron chi connectivity index (χ1n) is 8.64. The Morgan fingerprint density at radius 1 is 1.21 bits per heavy atom. The molecule has 0 radical (unpaired) electrons. The molecule has 2 N–H and O–H groups in total. The highest BCUT2D eigenvalue weighted by Crippen LogP contribution is 2.43. The number of rotatable bonds is 2. The van der Waals surface area contributed by atoms with Gasteiger partial charge in [0.05, 0.1) is 0 Å². The summed E-state index contributed by atoms with van der Waals surface area (Å²) < 4.78 is 7.57. The summed E-state index contributed by atoms with van der Waals surface area (Å²) in [5.74, 6) is 0.949. The van der Waals surface area contributed by atoms with Crippen LogP contribution in [0.5, 0.6) is 5.75 Å². The zero-order valence-corrected chi connectivity index (χ0v) is 15.3. The van der Waals surface area contributed by atoms with Crippen LogP contribution in [0.2, 0.25) is 0 Å². The van der Waals surface area contributed by atoms with Crippen molar-refractivity contribution in [3.05, 3.63) is 64.1 Å². The molecule has 24 heavy (non-hydrogen) atoms. The number of fused-ring (bicyclic) bond motifs is 1. The fourth-order valence-corrected chi connectivity index (χ4v) is 4.45. The largest absolute Gasteiger partial charge is 0.485 e. The van der Waals surface area contributed by atoms with Gasteiger partial charge in [-0.1, -0.05) is 52.3 Å². The third kappa shape index (κ3) is 3.23. The third-order valence-corrected chi connectivity index (χ3v) is 5.65. The third-order valence-electron chi connectivity index (χ3n) is 5.16. The molecule has 2 heterocycles. The first kappa shape index (κ1) is 16.1. The van der Waals surface area contributed by atoms with Crippen LogP contribution in [0.3, 0.4) is 0 Å². The number of hydrogen-bond donors (Lipinski definition) is 1. The first-order chi connectivity index (χ1) is 11.6. The zero-order chi connectivity index (χ0) is 16.6. The molecule has 3 nitrogen and oxygen atoms in total. The van der Waals surface area contributed by atoms with Crippen LogP contribution >= 0.6 is 15.9 Å². The normalized spacial score (nSPS) is 26.8. The molecule has 1 fully saturated rings. The van der Waals surface area contributed by atoms with Gasteiger partial charge >= 0.3 is 0 Å². The molecule has 2 aromatic rings. The van der Waals surface area contributed by atoms with Crippen LogP contribution in [0.1, 0.15) is 36.4 Å². The van der Waals surface area contributed by atoms with Gasteiger partial charge in [-0.15, -0.1) is 0 Å². The minimum atomic E-state index is -0.153. The van der Waals surface area contributed by atoms with E-state index in [4.69, 9.17) is 10.5 Å². The molecular formula is C20H23BrN2O. The molecular weight excluding hydrogens is 364 g/mol. The molecule has 2 unspecified atom stereocenters. The molecule has 0 bridgehead atoms. The summed E-state index contributed by atoms with van der Waals surface area (Å²) in [5.41, 5.74) is 8.82. The Balaban J connectivity index is 1.55. The van der Waals surface area contributed by atoms with Crippen LogP contribution in [-0.2, 0) is 6.54 Å². The van der Waals surface area contributed by atoms with Gasteiger partial charge in [-0.05, 0) is 37.1 Å². The van der Waals surface area contributed by atoms with E-state index in [1.165, 1.54) is 5.56 Å². The molecule has 0 saturated carbocycles. The standard InChI is InChI=1S/C20H23BrN2O/c21-16-7-8-17-18(22)12-20(24-19(17)11-16)9-4-10-23(14-20)13-15-5-2-1-3-6-15/h1-3,5-8,11,18H,4,9-10,12-14,22H2. The Kier molecular flexibility index (Phi) is 4.37. The lowest BCUT2D eigenvalue weighted by molar-refractivity contribution is -0.0332. The van der Waals surface area contributed by atoms with Crippen molar-refractivity contribution in [1.29, 1.82) is 0 Å². The van der Waals surface area contributed by atoms with Gasteiger partial charge in [0.25, 0.3) is 0 Å². The SMILES string of the molecule is NC1CC2(CCCN(Cc3ccccc3)C2)Oc2cc(Br)ccc21. The number of likely N-dealkylation sites (tertiary alicyclic amines) is 1. The van der Waals surface area contributed by atoms with Gasteiger partial charge in [-0.3, -0.25) is 4.90 Å². The van der Waals surface area contributed by atoms with Crippen molar-refractivity contribution in [3.63, 3.8) is 0 Å². The fourth-order valence-electron chi connectivity index (χ4n) is 4.11. The zero-order valence-electron chi connectivity index (χ0n) is 13.7. The van der Waals surface area contributed by atoms with E-state index >= 15 is 0 Å². The lowest BCUT2D eigenvalue weighted by Crippen LogP contribution is -2.54. The average molecular weight is 387 g/mol. The summed E-state index contributed by atoms with van der Waals surface area (Å²) in [5, 5.41) is 0. The van der Waals surface area contributed by atoms with Gasteiger partial charge in [-0.25, -0.2) is 0 Å². The molecule has 4 heteroatoms. The molecule has 2 aliphatic heterocycles. The Morgan fingerprint density at radius 3 is 2.88 bits per heavy atom. The number of nitrogens with zero attached hydrogens (tertiary/aromatic N) is 1. The van der Waals surface area contributed by atoms with E-state index in [1.807, 2.05) is 6.07 Å². The number of ether oxygens (including phenoxy) is 1. The van der Waals surface area contributed by atoms with E-state index in [0.29, 0.717) is 0 Å². The van der Waals surface area contributed by atoms with Crippen LogP contribution in [-0.4, -0.2) is 23.6 Å². The molecule has 126 valence electrons. The molecule has 2 atom stereocenters. The van der Waals surface area contributed by atoms with Crippen molar-refractivity contribution >= 4 is 15.9 Å². The Hall–Kier alpha value is -1.36. The van der Waals surface area contributed by atoms with Gasteiger partial charge in [-0.2, -0.15) is 0 Å². The summed E-state index contributed by atoms with van der Waals surface area (Å²) in [7, 11) is 0. The molecule has 0 aromatic heterocycles. The maximum absolute atomic E-state index is 6.53. The predicted octanol–water partition coefficient (Wildman–Crippen LogP) is 4.27. The van der Waals surface area contributed by atoms with Crippen LogP contribution < -0.4 is 10.5 Å². The van der Waals surface area contributed by atoms with E-state index in [1.54, 1.807) is 0 Å². The number of benzene rings is 2. The second kappa shape index (κ2) is 6.51. The summed E-state index contributed by atoms with van der Waals surface area (Å²) in [6.45, 7) is 3.05. The number of nitrogens with two attached hydrogens (primary N) is 1. The van der Waals surface area contributed by atoms with Crippen molar-refractivity contribution < 1.29 is 4.74 Å². The Morgan fingerprint density at radius 2 is 2.04 bits per heavy atom. The topological polar surface area (TPSA) is 38.5 Å². The van der Waals surface area contributed by atoms with Crippen LogP contribution in [0.15, 0.2) is 53.0 Å². The van der Waals surface area contributed by atoms with Crippen molar-refractivity contribution in [2.24, 2.45) is 5.73 Å². The van der Waals surface area contributed by atoms with E-state index in [2.05, 4.69) is 63.3 Å². The van der Waals surface area contributed by atoms with Gasteiger partial charge < -0.3 is 10.5 Å². The molecule has 1 saturated heterocycles. The first-order valence-corrected chi connectivity index (χ1v) is 9.43. The molecule has 2 aliphatic rings. The monoisotopic (exact) mass is 386 g/mol. The van der Waals surface area contributed by atoms with Crippen LogP contribution in [0.4, 0.5) is 0 Å². The highest BCUT2D eigenvalue weighted by Gasteiger charge is 2.43. The van der Waals surface area contributed by atoms with Crippen molar-refractivity contribution in [1.82, 2.24) is 4.90 Å². The van der Waals surface area contributed by atoms with Crippen molar-refractivity contribution in [2.45, 2.75) is 37.5 Å². The fraction of sp³-hybridized carbons (Fsp3) is 0.400. The summed E-state index contributed by atoms with van der Waals surface area (Å²) in [4.78, 5) is 2.51. The summed E-state index contributed by atoms with van der Waals surface area (Å²) in [6.07, 6.45) is 3.13. The van der Waals surface area contributed by atoms with Gasteiger partial charge in [0.2, 0.25) is 0 Å². The maximum atomic E-state index is 6.53. The average Bonchev–Trinajstić information content (AvgIpc) is 2.55. The molecule has 0 amide bonds. The van der Waals surface area contributed by atoms with Crippen LogP contribution in [0, 0.1) is 0 Å². The van der Waals surface area contributed by atoms with Crippen LogP contribution in [0.25, 0.3) is 0 Å². The minimum absolute atomic E-state index is 0.0542. The molecule has 1 spiro atoms. The summed E-state index contributed by atoms with van der Waals surface area (Å²) in [6, 6.07) is 16.9. The smallest absolute Gasteiger partial charge is 0.126 e. The van der Waals surface area contributed by atoms with Gasteiger partial charge in [0.1, 0.15) is 11.4 Å². The minimum Gasteiger partial charge on any atom is -0.485 e. The van der Waals surface area contributed by atoms with E-state index in [9.17, 15) is 0 Å².